The zero-order chi connectivity index (χ0) is 17.2. The number of rotatable bonds is 4. The van der Waals surface area contributed by atoms with E-state index in [1.165, 1.54) is 4.90 Å². The summed E-state index contributed by atoms with van der Waals surface area (Å²) >= 11 is 0. The molecule has 2 aliphatic rings. The van der Waals surface area contributed by atoms with Crippen LogP contribution in [-0.4, -0.2) is 48.0 Å². The first kappa shape index (κ1) is 17.7. The molecule has 2 saturated heterocycles. The van der Waals surface area contributed by atoms with E-state index in [9.17, 15) is 18.3 Å². The topological polar surface area (TPSA) is 32.7 Å². The second-order valence-corrected chi connectivity index (χ2v) is 6.77. The molecule has 0 spiro atoms. The van der Waals surface area contributed by atoms with Crippen LogP contribution in [0.15, 0.2) is 30.3 Å². The van der Waals surface area contributed by atoms with Gasteiger partial charge in [0.1, 0.15) is 6.04 Å². The number of hydrogen-bond donors (Lipinski definition) is 1. The fraction of sp³-hybridized carbons (Fsp3) is 0.667. The lowest BCUT2D eigenvalue weighted by Gasteiger charge is -2.41. The highest BCUT2D eigenvalue weighted by molar-refractivity contribution is 5.18. The normalized spacial score (nSPS) is 26.4. The number of likely N-dealkylation sites (tertiary alicyclic amines) is 1. The molecule has 1 aromatic rings. The average molecular weight is 343 g/mol. The molecule has 2 aliphatic heterocycles. The van der Waals surface area contributed by atoms with Crippen molar-refractivity contribution in [3.8, 4) is 0 Å². The largest absolute Gasteiger partial charge is 0.406 e. The van der Waals surface area contributed by atoms with Crippen LogP contribution in [0, 0.1) is 5.92 Å². The third-order valence-corrected chi connectivity index (χ3v) is 5.21. The van der Waals surface area contributed by atoms with Crippen molar-refractivity contribution in [1.82, 2.24) is 4.90 Å². The highest BCUT2D eigenvalue weighted by Crippen LogP contribution is 2.37. The van der Waals surface area contributed by atoms with Gasteiger partial charge in [0.15, 0.2) is 0 Å². The third-order valence-electron chi connectivity index (χ3n) is 5.21. The minimum atomic E-state index is -4.28. The number of alkyl halides is 3. The molecule has 3 rings (SSSR count). The van der Waals surface area contributed by atoms with Crippen molar-refractivity contribution in [2.75, 3.05) is 19.7 Å². The van der Waals surface area contributed by atoms with Crippen LogP contribution < -0.4 is 0 Å². The van der Waals surface area contributed by atoms with Gasteiger partial charge in [-0.25, -0.2) is 0 Å². The van der Waals surface area contributed by atoms with Crippen LogP contribution in [0.4, 0.5) is 13.2 Å². The van der Waals surface area contributed by atoms with E-state index >= 15 is 0 Å². The summed E-state index contributed by atoms with van der Waals surface area (Å²) in [7, 11) is 0. The highest BCUT2D eigenvalue weighted by Gasteiger charge is 2.50. The highest BCUT2D eigenvalue weighted by atomic mass is 19.4. The van der Waals surface area contributed by atoms with Crippen LogP contribution in [-0.2, 0) is 4.74 Å². The fourth-order valence-corrected chi connectivity index (χ4v) is 3.94. The van der Waals surface area contributed by atoms with Gasteiger partial charge in [-0.2, -0.15) is 13.2 Å². The number of aliphatic hydroxyl groups excluding tert-OH is 1. The fourth-order valence-electron chi connectivity index (χ4n) is 3.94. The zero-order valence-corrected chi connectivity index (χ0v) is 13.6. The Balaban J connectivity index is 1.62. The molecule has 3 atom stereocenters. The van der Waals surface area contributed by atoms with E-state index in [0.29, 0.717) is 45.4 Å². The van der Waals surface area contributed by atoms with Gasteiger partial charge < -0.3 is 9.84 Å². The molecule has 1 N–H and O–H groups in total. The van der Waals surface area contributed by atoms with E-state index in [1.54, 1.807) is 0 Å². The number of ether oxygens (including phenoxy) is 1. The van der Waals surface area contributed by atoms with Crippen LogP contribution in [0.3, 0.4) is 0 Å². The third kappa shape index (κ3) is 3.92. The molecule has 3 nitrogen and oxygen atoms in total. The molecular formula is C18H24F3NO2. The van der Waals surface area contributed by atoms with Crippen molar-refractivity contribution in [2.24, 2.45) is 5.92 Å². The average Bonchev–Trinajstić information content (AvgIpc) is 3.08. The number of hydrogen-bond acceptors (Lipinski definition) is 3. The summed E-state index contributed by atoms with van der Waals surface area (Å²) in [5.74, 6) is 0.00188. The molecule has 2 heterocycles. The first-order chi connectivity index (χ1) is 11.5. The van der Waals surface area contributed by atoms with Gasteiger partial charge in [0.25, 0.3) is 0 Å². The van der Waals surface area contributed by atoms with Crippen molar-refractivity contribution in [2.45, 2.75) is 50.1 Å². The van der Waals surface area contributed by atoms with E-state index in [0.717, 1.165) is 5.56 Å². The first-order valence-corrected chi connectivity index (χ1v) is 8.62. The molecule has 0 amide bonds. The van der Waals surface area contributed by atoms with Gasteiger partial charge in [-0.1, -0.05) is 30.3 Å². The van der Waals surface area contributed by atoms with E-state index in [-0.39, 0.29) is 5.92 Å². The van der Waals surface area contributed by atoms with Gasteiger partial charge in [0.05, 0.1) is 12.2 Å². The predicted octanol–water partition coefficient (Wildman–Crippen LogP) is 3.54. The second-order valence-electron chi connectivity index (χ2n) is 6.77. The molecule has 24 heavy (non-hydrogen) atoms. The molecular weight excluding hydrogens is 319 g/mol. The van der Waals surface area contributed by atoms with Gasteiger partial charge in [-0.3, -0.25) is 4.90 Å². The van der Waals surface area contributed by atoms with Crippen molar-refractivity contribution >= 4 is 0 Å². The van der Waals surface area contributed by atoms with Crippen molar-refractivity contribution in [3.05, 3.63) is 35.9 Å². The van der Waals surface area contributed by atoms with E-state index in [2.05, 4.69) is 0 Å². The minimum Gasteiger partial charge on any atom is -0.388 e. The van der Waals surface area contributed by atoms with Crippen LogP contribution in [0.25, 0.3) is 0 Å². The zero-order valence-electron chi connectivity index (χ0n) is 13.6. The Hall–Kier alpha value is -1.11. The summed E-state index contributed by atoms with van der Waals surface area (Å²) in [6.45, 7) is 1.11. The Morgan fingerprint density at radius 2 is 1.75 bits per heavy atom. The van der Waals surface area contributed by atoms with E-state index < -0.39 is 24.4 Å². The Morgan fingerprint density at radius 3 is 2.29 bits per heavy atom. The smallest absolute Gasteiger partial charge is 0.388 e. The molecule has 134 valence electrons. The van der Waals surface area contributed by atoms with Gasteiger partial charge in [-0.15, -0.1) is 0 Å². The molecule has 1 aromatic carbocycles. The molecule has 3 unspecified atom stereocenters. The number of piperidine rings is 1. The molecule has 6 heteroatoms. The van der Waals surface area contributed by atoms with Crippen molar-refractivity contribution in [3.63, 3.8) is 0 Å². The molecule has 0 aromatic heterocycles. The summed E-state index contributed by atoms with van der Waals surface area (Å²) in [4.78, 5) is 1.50. The van der Waals surface area contributed by atoms with Crippen LogP contribution >= 0.6 is 0 Å². The summed E-state index contributed by atoms with van der Waals surface area (Å²) in [5, 5.41) is 10.5. The lowest BCUT2D eigenvalue weighted by molar-refractivity contribution is -0.213. The van der Waals surface area contributed by atoms with Gasteiger partial charge >= 0.3 is 6.18 Å². The summed E-state index contributed by atoms with van der Waals surface area (Å²) < 4.78 is 45.8. The maximum Gasteiger partial charge on any atom is 0.406 e. The molecule has 0 saturated carbocycles. The van der Waals surface area contributed by atoms with E-state index in [1.807, 2.05) is 30.3 Å². The van der Waals surface area contributed by atoms with Crippen molar-refractivity contribution in [1.29, 1.82) is 0 Å². The molecule has 2 fully saturated rings. The quantitative estimate of drug-likeness (QED) is 0.908. The number of benzene rings is 1. The monoisotopic (exact) mass is 343 g/mol. The summed E-state index contributed by atoms with van der Waals surface area (Å²) in [6, 6.07) is 7.82. The molecule has 0 aliphatic carbocycles. The van der Waals surface area contributed by atoms with Crippen molar-refractivity contribution < 1.29 is 23.0 Å². The van der Waals surface area contributed by atoms with Gasteiger partial charge in [-0.05, 0) is 50.3 Å². The standard InChI is InChI=1S/C18H24F3NO2/c19-18(20,21)17(15-7-4-12-24-15)22-10-8-14(9-11-22)16(23)13-5-2-1-3-6-13/h1-3,5-6,14-17,23H,4,7-12H2. The summed E-state index contributed by atoms with van der Waals surface area (Å²) in [5.41, 5.74) is 0.836. The maximum atomic E-state index is 13.5. The maximum absolute atomic E-state index is 13.5. The van der Waals surface area contributed by atoms with Crippen LogP contribution in [0.2, 0.25) is 0 Å². The number of nitrogens with zero attached hydrogens (tertiary/aromatic N) is 1. The summed E-state index contributed by atoms with van der Waals surface area (Å²) in [6.07, 6.45) is -3.34. The molecule has 0 bridgehead atoms. The van der Waals surface area contributed by atoms with E-state index in [4.69, 9.17) is 4.74 Å². The Kier molecular flexibility index (Phi) is 5.47. The lowest BCUT2D eigenvalue weighted by Crippen LogP contribution is -2.55. The Morgan fingerprint density at radius 1 is 1.08 bits per heavy atom. The molecule has 0 radical (unpaired) electrons. The SMILES string of the molecule is OC(c1ccccc1)C1CCN(C(C2CCCO2)C(F)(F)F)CC1. The van der Waals surface area contributed by atoms with Crippen LogP contribution in [0.5, 0.6) is 0 Å². The second kappa shape index (κ2) is 7.42. The number of aliphatic hydroxyl groups is 1. The van der Waals surface area contributed by atoms with Gasteiger partial charge in [0, 0.05) is 6.61 Å². The lowest BCUT2D eigenvalue weighted by atomic mass is 9.86. The number of halogens is 3. The predicted molar refractivity (Wildman–Crippen MR) is 84.5 cm³/mol. The van der Waals surface area contributed by atoms with Gasteiger partial charge in [0.2, 0.25) is 0 Å². The Labute approximate surface area is 140 Å². The van der Waals surface area contributed by atoms with Crippen LogP contribution in [0.1, 0.15) is 37.4 Å². The minimum absolute atomic E-state index is 0.00188. The first-order valence-electron chi connectivity index (χ1n) is 8.62. The Bertz CT molecular complexity index is 509.